The molecule has 2 amide bonds. The molecule has 4 nitrogen and oxygen atoms in total. The first-order valence-electron chi connectivity index (χ1n) is 7.88. The molecule has 0 aliphatic carbocycles. The molecule has 126 valence electrons. The van der Waals surface area contributed by atoms with E-state index in [1.54, 1.807) is 23.1 Å². The second-order valence-electron chi connectivity index (χ2n) is 5.97. The fourth-order valence-corrected chi connectivity index (χ4v) is 4.12. The van der Waals surface area contributed by atoms with Crippen LogP contribution in [-0.2, 0) is 9.59 Å². The molecular formula is C17H23FN2O2S. The molecular weight excluding hydrogens is 315 g/mol. The lowest BCUT2D eigenvalue weighted by Crippen LogP contribution is -2.46. The average Bonchev–Trinajstić information content (AvgIpc) is 2.54. The standard InChI is InChI=1S/C17H23FN2O2S/c1-11(14-7-3-4-8-15(14)18)23-12(2)17(22)20-9-5-6-13(10-20)16(19)21/h3-4,7-8,11-13H,5-6,9-10H2,1-2H3,(H2,19,21)/t11-,12-,13+/m0/s1. The van der Waals surface area contributed by atoms with Crippen molar-refractivity contribution < 1.29 is 14.0 Å². The molecule has 2 N–H and O–H groups in total. The Morgan fingerprint density at radius 3 is 2.70 bits per heavy atom. The first-order chi connectivity index (χ1) is 10.9. The highest BCUT2D eigenvalue weighted by molar-refractivity contribution is 8.00. The Hall–Kier alpha value is -1.56. The van der Waals surface area contributed by atoms with Gasteiger partial charge in [0.15, 0.2) is 0 Å². The Balaban J connectivity index is 1.97. The van der Waals surface area contributed by atoms with E-state index in [1.165, 1.54) is 17.8 Å². The highest BCUT2D eigenvalue weighted by atomic mass is 32.2. The molecule has 23 heavy (non-hydrogen) atoms. The molecule has 1 aromatic carbocycles. The lowest BCUT2D eigenvalue weighted by molar-refractivity contribution is -0.134. The second-order valence-corrected chi connectivity index (χ2v) is 7.65. The molecule has 1 aliphatic rings. The summed E-state index contributed by atoms with van der Waals surface area (Å²) in [5.74, 6) is -0.862. The van der Waals surface area contributed by atoms with Crippen molar-refractivity contribution in [2.75, 3.05) is 13.1 Å². The van der Waals surface area contributed by atoms with Crippen molar-refractivity contribution in [1.29, 1.82) is 0 Å². The first-order valence-corrected chi connectivity index (χ1v) is 8.82. The molecule has 1 saturated heterocycles. The van der Waals surface area contributed by atoms with E-state index in [4.69, 9.17) is 5.73 Å². The minimum absolute atomic E-state index is 0.0101. The van der Waals surface area contributed by atoms with Gasteiger partial charge in [0.25, 0.3) is 0 Å². The van der Waals surface area contributed by atoms with Crippen molar-refractivity contribution in [3.63, 3.8) is 0 Å². The lowest BCUT2D eigenvalue weighted by atomic mass is 9.97. The van der Waals surface area contributed by atoms with Crippen LogP contribution in [-0.4, -0.2) is 35.1 Å². The number of hydrogen-bond donors (Lipinski definition) is 1. The van der Waals surface area contributed by atoms with Gasteiger partial charge in [-0.05, 0) is 32.8 Å². The Kier molecular flexibility index (Phi) is 6.04. The number of amides is 2. The van der Waals surface area contributed by atoms with Crippen LogP contribution >= 0.6 is 11.8 Å². The summed E-state index contributed by atoms with van der Waals surface area (Å²) < 4.78 is 13.8. The summed E-state index contributed by atoms with van der Waals surface area (Å²) in [7, 11) is 0. The van der Waals surface area contributed by atoms with Crippen molar-refractivity contribution >= 4 is 23.6 Å². The molecule has 1 heterocycles. The summed E-state index contributed by atoms with van der Waals surface area (Å²) in [5.41, 5.74) is 5.96. The summed E-state index contributed by atoms with van der Waals surface area (Å²) >= 11 is 1.43. The van der Waals surface area contributed by atoms with E-state index in [-0.39, 0.29) is 34.0 Å². The Morgan fingerprint density at radius 1 is 1.35 bits per heavy atom. The number of likely N-dealkylation sites (tertiary alicyclic amines) is 1. The third-order valence-corrected chi connectivity index (χ3v) is 5.51. The molecule has 0 spiro atoms. The summed E-state index contributed by atoms with van der Waals surface area (Å²) in [5, 5.41) is -0.414. The van der Waals surface area contributed by atoms with Gasteiger partial charge in [0.1, 0.15) is 5.82 Å². The number of nitrogens with zero attached hydrogens (tertiary/aromatic N) is 1. The van der Waals surface area contributed by atoms with Crippen molar-refractivity contribution in [2.45, 2.75) is 37.2 Å². The maximum absolute atomic E-state index is 13.8. The van der Waals surface area contributed by atoms with Gasteiger partial charge in [-0.25, -0.2) is 4.39 Å². The van der Waals surface area contributed by atoms with Crippen LogP contribution in [0.4, 0.5) is 4.39 Å². The highest BCUT2D eigenvalue weighted by Gasteiger charge is 2.30. The summed E-state index contributed by atoms with van der Waals surface area (Å²) in [6.07, 6.45) is 1.53. The van der Waals surface area contributed by atoms with E-state index >= 15 is 0 Å². The Bertz CT molecular complexity index is 581. The predicted octanol–water partition coefficient (Wildman–Crippen LogP) is 2.73. The average molecular weight is 338 g/mol. The lowest BCUT2D eigenvalue weighted by Gasteiger charge is -2.33. The van der Waals surface area contributed by atoms with E-state index in [0.29, 0.717) is 18.7 Å². The van der Waals surface area contributed by atoms with E-state index in [0.717, 1.165) is 12.8 Å². The number of benzene rings is 1. The summed E-state index contributed by atoms with van der Waals surface area (Å²) in [6.45, 7) is 4.78. The molecule has 0 radical (unpaired) electrons. The van der Waals surface area contributed by atoms with E-state index < -0.39 is 0 Å². The van der Waals surface area contributed by atoms with Crippen LogP contribution in [0.25, 0.3) is 0 Å². The first kappa shape index (κ1) is 17.8. The minimum Gasteiger partial charge on any atom is -0.369 e. The Labute approximate surface area is 140 Å². The van der Waals surface area contributed by atoms with Gasteiger partial charge in [-0.15, -0.1) is 11.8 Å². The van der Waals surface area contributed by atoms with Crippen LogP contribution in [0.5, 0.6) is 0 Å². The molecule has 2 rings (SSSR count). The maximum Gasteiger partial charge on any atom is 0.235 e. The van der Waals surface area contributed by atoms with Crippen LogP contribution in [0.1, 0.15) is 37.5 Å². The summed E-state index contributed by atoms with van der Waals surface area (Å²) in [4.78, 5) is 25.6. The topological polar surface area (TPSA) is 63.4 Å². The van der Waals surface area contributed by atoms with Crippen molar-refractivity contribution in [3.8, 4) is 0 Å². The van der Waals surface area contributed by atoms with E-state index in [9.17, 15) is 14.0 Å². The van der Waals surface area contributed by atoms with Crippen molar-refractivity contribution in [2.24, 2.45) is 11.7 Å². The molecule has 0 bridgehead atoms. The zero-order valence-electron chi connectivity index (χ0n) is 13.5. The van der Waals surface area contributed by atoms with Gasteiger partial charge in [-0.3, -0.25) is 9.59 Å². The molecule has 0 unspecified atom stereocenters. The summed E-state index contributed by atoms with van der Waals surface area (Å²) in [6, 6.07) is 6.63. The fraction of sp³-hybridized carbons (Fsp3) is 0.529. The van der Waals surface area contributed by atoms with Crippen LogP contribution in [0, 0.1) is 11.7 Å². The van der Waals surface area contributed by atoms with Gasteiger partial charge in [0.2, 0.25) is 11.8 Å². The number of nitrogens with two attached hydrogens (primary N) is 1. The normalized spacial score (nSPS) is 20.8. The number of halogens is 1. The number of piperidine rings is 1. The SMILES string of the molecule is C[C@H](S[C@@H](C)c1ccccc1F)C(=O)N1CCC[C@@H](C(N)=O)C1. The smallest absolute Gasteiger partial charge is 0.235 e. The maximum atomic E-state index is 13.8. The number of thioether (sulfide) groups is 1. The van der Waals surface area contributed by atoms with E-state index in [1.807, 2.05) is 13.8 Å². The van der Waals surface area contributed by atoms with Gasteiger partial charge in [0, 0.05) is 23.9 Å². The van der Waals surface area contributed by atoms with Crippen molar-refractivity contribution in [1.82, 2.24) is 4.90 Å². The second kappa shape index (κ2) is 7.81. The van der Waals surface area contributed by atoms with Crippen LogP contribution in [0.3, 0.4) is 0 Å². The number of carbonyl (C=O) groups is 2. The Morgan fingerprint density at radius 2 is 2.04 bits per heavy atom. The molecule has 0 saturated carbocycles. The van der Waals surface area contributed by atoms with Crippen LogP contribution < -0.4 is 5.73 Å². The number of rotatable bonds is 5. The van der Waals surface area contributed by atoms with E-state index in [2.05, 4.69) is 0 Å². The minimum atomic E-state index is -0.345. The van der Waals surface area contributed by atoms with Gasteiger partial charge >= 0.3 is 0 Å². The molecule has 1 aromatic rings. The molecule has 1 fully saturated rings. The zero-order valence-corrected chi connectivity index (χ0v) is 14.3. The largest absolute Gasteiger partial charge is 0.369 e. The third-order valence-electron chi connectivity index (χ3n) is 4.23. The van der Waals surface area contributed by atoms with Gasteiger partial charge in [-0.1, -0.05) is 18.2 Å². The number of hydrogen-bond acceptors (Lipinski definition) is 3. The predicted molar refractivity (Wildman–Crippen MR) is 90.4 cm³/mol. The molecule has 0 aromatic heterocycles. The highest BCUT2D eigenvalue weighted by Crippen LogP contribution is 2.34. The quantitative estimate of drug-likeness (QED) is 0.898. The van der Waals surface area contributed by atoms with Crippen LogP contribution in [0.15, 0.2) is 24.3 Å². The monoisotopic (exact) mass is 338 g/mol. The van der Waals surface area contributed by atoms with Crippen molar-refractivity contribution in [3.05, 3.63) is 35.6 Å². The van der Waals surface area contributed by atoms with Gasteiger partial charge in [0.05, 0.1) is 11.2 Å². The van der Waals surface area contributed by atoms with Gasteiger partial charge < -0.3 is 10.6 Å². The molecule has 3 atom stereocenters. The zero-order chi connectivity index (χ0) is 17.0. The number of carbonyl (C=O) groups excluding carboxylic acids is 2. The van der Waals surface area contributed by atoms with Gasteiger partial charge in [-0.2, -0.15) is 0 Å². The van der Waals surface area contributed by atoms with Crippen LogP contribution in [0.2, 0.25) is 0 Å². The fourth-order valence-electron chi connectivity index (χ4n) is 2.91. The molecule has 1 aliphatic heterocycles. The molecule has 6 heteroatoms. The number of primary amides is 1. The third kappa shape index (κ3) is 4.47.